The maximum absolute atomic E-state index is 10.9. The van der Waals surface area contributed by atoms with Crippen molar-refractivity contribution in [2.75, 3.05) is 0 Å². The Morgan fingerprint density at radius 2 is 2.06 bits per heavy atom. The fourth-order valence-corrected chi connectivity index (χ4v) is 1.26. The summed E-state index contributed by atoms with van der Waals surface area (Å²) in [6, 6.07) is 0. The Balaban J connectivity index is 4.11. The van der Waals surface area contributed by atoms with Crippen LogP contribution in [0.15, 0.2) is 12.2 Å². The van der Waals surface area contributed by atoms with Crippen LogP contribution in [0.3, 0.4) is 0 Å². The summed E-state index contributed by atoms with van der Waals surface area (Å²) in [5.41, 5.74) is 1.03. The van der Waals surface area contributed by atoms with Crippen LogP contribution in [0, 0.1) is 11.8 Å². The van der Waals surface area contributed by atoms with E-state index in [0.29, 0.717) is 6.42 Å². The highest BCUT2D eigenvalue weighted by Crippen LogP contribution is 2.07. The van der Waals surface area contributed by atoms with Gasteiger partial charge in [0.05, 0.1) is 0 Å². The normalized spacial score (nSPS) is 11.2. The van der Waals surface area contributed by atoms with Gasteiger partial charge in [-0.2, -0.15) is 0 Å². The number of ether oxygens (including phenoxy) is 1. The molecule has 16 heavy (non-hydrogen) atoms. The third-order valence-corrected chi connectivity index (χ3v) is 2.03. The number of carbonyl (C=O) groups excluding carboxylic acids is 1. The van der Waals surface area contributed by atoms with E-state index in [1.54, 1.807) is 0 Å². The van der Waals surface area contributed by atoms with E-state index in [0.717, 1.165) is 31.3 Å². The minimum Gasteiger partial charge on any atom is -0.449 e. The first-order valence-electron chi connectivity index (χ1n) is 5.86. The highest BCUT2D eigenvalue weighted by molar-refractivity contribution is 5.66. The van der Waals surface area contributed by atoms with Gasteiger partial charge in [-0.05, 0) is 19.8 Å². The van der Waals surface area contributed by atoms with E-state index in [1.807, 2.05) is 6.92 Å². The van der Waals surface area contributed by atoms with Gasteiger partial charge < -0.3 is 4.74 Å². The fourth-order valence-electron chi connectivity index (χ4n) is 1.26. The topological polar surface area (TPSA) is 26.3 Å². The third-order valence-electron chi connectivity index (χ3n) is 2.03. The average molecular weight is 222 g/mol. The maximum Gasteiger partial charge on any atom is 0.303 e. The van der Waals surface area contributed by atoms with Gasteiger partial charge >= 0.3 is 5.97 Å². The van der Waals surface area contributed by atoms with Crippen LogP contribution in [0.25, 0.3) is 0 Å². The molecular weight excluding hydrogens is 200 g/mol. The molecule has 1 atom stereocenters. The first-order chi connectivity index (χ1) is 7.56. The Labute approximate surface area is 99.1 Å². The molecular formula is C14H22O2. The number of carbonyl (C=O) groups is 1. The van der Waals surface area contributed by atoms with Crippen molar-refractivity contribution in [2.24, 2.45) is 0 Å². The largest absolute Gasteiger partial charge is 0.449 e. The fraction of sp³-hybridized carbons (Fsp3) is 0.643. The van der Waals surface area contributed by atoms with Crippen LogP contribution in [-0.2, 0) is 9.53 Å². The molecule has 0 saturated carbocycles. The van der Waals surface area contributed by atoms with Crippen LogP contribution in [0.2, 0.25) is 0 Å². The molecule has 0 aliphatic carbocycles. The zero-order valence-corrected chi connectivity index (χ0v) is 10.6. The van der Waals surface area contributed by atoms with Gasteiger partial charge in [-0.25, -0.2) is 0 Å². The minimum atomic E-state index is -0.258. The molecule has 0 amide bonds. The zero-order chi connectivity index (χ0) is 12.4. The van der Waals surface area contributed by atoms with Crippen LogP contribution in [0.1, 0.15) is 52.9 Å². The lowest BCUT2D eigenvalue weighted by atomic mass is 10.1. The third kappa shape index (κ3) is 9.33. The van der Waals surface area contributed by atoms with Gasteiger partial charge in [-0.1, -0.05) is 43.8 Å². The van der Waals surface area contributed by atoms with Crippen molar-refractivity contribution in [3.8, 4) is 11.8 Å². The summed E-state index contributed by atoms with van der Waals surface area (Å²) < 4.78 is 5.14. The second-order valence-electron chi connectivity index (χ2n) is 4.05. The Bertz CT molecular complexity index is 281. The van der Waals surface area contributed by atoms with E-state index in [1.165, 1.54) is 6.92 Å². The summed E-state index contributed by atoms with van der Waals surface area (Å²) in [4.78, 5) is 10.9. The predicted octanol–water partition coefficient (Wildman–Crippen LogP) is 3.47. The van der Waals surface area contributed by atoms with Crippen molar-refractivity contribution in [1.82, 2.24) is 0 Å². The van der Waals surface area contributed by atoms with Gasteiger partial charge in [0.2, 0.25) is 0 Å². The van der Waals surface area contributed by atoms with E-state index in [-0.39, 0.29) is 12.1 Å². The molecule has 0 aromatic heterocycles. The molecule has 0 heterocycles. The summed E-state index contributed by atoms with van der Waals surface area (Å²) in [7, 11) is 0. The Morgan fingerprint density at radius 1 is 1.38 bits per heavy atom. The number of hydrogen-bond donors (Lipinski definition) is 0. The number of unbranched alkanes of at least 4 members (excludes halogenated alkanes) is 2. The van der Waals surface area contributed by atoms with Crippen molar-refractivity contribution in [1.29, 1.82) is 0 Å². The minimum absolute atomic E-state index is 0.247. The molecule has 0 spiro atoms. The summed E-state index contributed by atoms with van der Waals surface area (Å²) >= 11 is 0. The molecule has 90 valence electrons. The molecule has 2 nitrogen and oxygen atoms in total. The van der Waals surface area contributed by atoms with Crippen molar-refractivity contribution in [3.05, 3.63) is 12.2 Å². The Hall–Kier alpha value is -1.23. The quantitative estimate of drug-likeness (QED) is 0.298. The number of esters is 1. The first-order valence-corrected chi connectivity index (χ1v) is 5.86. The SMILES string of the molecule is C=C(C)CC#C[C@@H](CCCCC)OC(C)=O. The van der Waals surface area contributed by atoms with E-state index in [4.69, 9.17) is 4.74 Å². The maximum atomic E-state index is 10.9. The average Bonchev–Trinajstić information content (AvgIpc) is 2.16. The van der Waals surface area contributed by atoms with Gasteiger partial charge in [0.25, 0.3) is 0 Å². The van der Waals surface area contributed by atoms with Crippen molar-refractivity contribution < 1.29 is 9.53 Å². The highest BCUT2D eigenvalue weighted by Gasteiger charge is 2.07. The summed E-state index contributed by atoms with van der Waals surface area (Å²) in [6.45, 7) is 9.29. The lowest BCUT2D eigenvalue weighted by Crippen LogP contribution is -2.14. The van der Waals surface area contributed by atoms with Gasteiger partial charge in [0.15, 0.2) is 6.10 Å². The summed E-state index contributed by atoms with van der Waals surface area (Å²) in [5.74, 6) is 5.72. The predicted molar refractivity (Wildman–Crippen MR) is 66.9 cm³/mol. The molecule has 0 fully saturated rings. The Morgan fingerprint density at radius 3 is 2.56 bits per heavy atom. The molecule has 2 heteroatoms. The molecule has 0 aromatic rings. The standard InChI is InChI=1S/C14H22O2/c1-5-6-7-10-14(16-13(4)15)11-8-9-12(2)3/h14H,2,5-7,9-10H2,1,3-4H3/t14-/m1/s1. The van der Waals surface area contributed by atoms with Crippen molar-refractivity contribution >= 4 is 5.97 Å². The van der Waals surface area contributed by atoms with Crippen LogP contribution in [-0.4, -0.2) is 12.1 Å². The highest BCUT2D eigenvalue weighted by atomic mass is 16.5. The Kier molecular flexibility index (Phi) is 8.34. The molecule has 0 aliphatic heterocycles. The van der Waals surface area contributed by atoms with Crippen LogP contribution in [0.4, 0.5) is 0 Å². The van der Waals surface area contributed by atoms with Crippen molar-refractivity contribution in [3.63, 3.8) is 0 Å². The van der Waals surface area contributed by atoms with Gasteiger partial charge in [0, 0.05) is 13.3 Å². The van der Waals surface area contributed by atoms with Crippen LogP contribution >= 0.6 is 0 Å². The van der Waals surface area contributed by atoms with E-state index in [2.05, 4.69) is 25.3 Å². The van der Waals surface area contributed by atoms with Gasteiger partial charge in [-0.15, -0.1) is 0 Å². The molecule has 0 saturated heterocycles. The molecule has 0 N–H and O–H groups in total. The molecule has 0 rings (SSSR count). The molecule has 0 radical (unpaired) electrons. The molecule has 0 aromatic carbocycles. The zero-order valence-electron chi connectivity index (χ0n) is 10.6. The van der Waals surface area contributed by atoms with Gasteiger partial charge in [0.1, 0.15) is 0 Å². The molecule has 0 aliphatic rings. The second kappa shape index (κ2) is 9.03. The monoisotopic (exact) mass is 222 g/mol. The van der Waals surface area contributed by atoms with Crippen LogP contribution < -0.4 is 0 Å². The summed E-state index contributed by atoms with van der Waals surface area (Å²) in [6.07, 6.45) is 4.62. The summed E-state index contributed by atoms with van der Waals surface area (Å²) in [5, 5.41) is 0. The van der Waals surface area contributed by atoms with Gasteiger partial charge in [-0.3, -0.25) is 4.79 Å². The number of hydrogen-bond acceptors (Lipinski definition) is 2. The second-order valence-corrected chi connectivity index (χ2v) is 4.05. The van der Waals surface area contributed by atoms with Crippen LogP contribution in [0.5, 0.6) is 0 Å². The molecule has 0 bridgehead atoms. The lowest BCUT2D eigenvalue weighted by molar-refractivity contribution is -0.144. The number of rotatable bonds is 6. The first kappa shape index (κ1) is 14.8. The van der Waals surface area contributed by atoms with Crippen molar-refractivity contribution in [2.45, 2.75) is 59.0 Å². The number of allylic oxidation sites excluding steroid dienone is 1. The van der Waals surface area contributed by atoms with E-state index in [9.17, 15) is 4.79 Å². The van der Waals surface area contributed by atoms with E-state index < -0.39 is 0 Å². The van der Waals surface area contributed by atoms with E-state index >= 15 is 0 Å². The lowest BCUT2D eigenvalue weighted by Gasteiger charge is -2.10. The molecule has 0 unspecified atom stereocenters. The smallest absolute Gasteiger partial charge is 0.303 e.